The van der Waals surface area contributed by atoms with Gasteiger partial charge in [0, 0.05) is 11.4 Å². The third-order valence-corrected chi connectivity index (χ3v) is 4.43. The van der Waals surface area contributed by atoms with Crippen LogP contribution in [0.1, 0.15) is 43.2 Å². The van der Waals surface area contributed by atoms with Gasteiger partial charge in [0.15, 0.2) is 0 Å². The van der Waals surface area contributed by atoms with Crippen LogP contribution in [0.25, 0.3) is 0 Å². The van der Waals surface area contributed by atoms with Crippen LogP contribution < -0.4 is 0 Å². The molecular formula is C14H15ClO. The number of halogens is 1. The van der Waals surface area contributed by atoms with Gasteiger partial charge >= 0.3 is 0 Å². The van der Waals surface area contributed by atoms with Crippen molar-refractivity contribution in [1.29, 1.82) is 0 Å². The monoisotopic (exact) mass is 234 g/mol. The highest BCUT2D eigenvalue weighted by Gasteiger charge is 2.45. The zero-order chi connectivity index (χ0) is 11.2. The summed E-state index contributed by atoms with van der Waals surface area (Å²) in [6.07, 6.45) is 6.03. The van der Waals surface area contributed by atoms with Crippen molar-refractivity contribution in [3.63, 3.8) is 0 Å². The Labute approximate surface area is 101 Å². The van der Waals surface area contributed by atoms with Crippen LogP contribution in [0.3, 0.4) is 0 Å². The molecule has 1 aromatic carbocycles. The minimum Gasteiger partial charge on any atom is -0.299 e. The lowest BCUT2D eigenvalue weighted by Gasteiger charge is -2.34. The highest BCUT2D eigenvalue weighted by atomic mass is 35.5. The quantitative estimate of drug-likeness (QED) is 0.670. The van der Waals surface area contributed by atoms with E-state index in [9.17, 15) is 4.79 Å². The van der Waals surface area contributed by atoms with Crippen molar-refractivity contribution in [2.75, 3.05) is 0 Å². The number of benzene rings is 1. The fraction of sp³-hybridized carbons (Fsp3) is 0.500. The maximum absolute atomic E-state index is 12.2. The van der Waals surface area contributed by atoms with E-state index in [4.69, 9.17) is 11.6 Å². The number of carbonyl (C=O) groups is 1. The molecule has 84 valence electrons. The number of Topliss-reactive ketones (excluding diaryl/α,β-unsaturated/α-hetero) is 1. The van der Waals surface area contributed by atoms with Gasteiger partial charge in [0.25, 0.3) is 0 Å². The van der Waals surface area contributed by atoms with Gasteiger partial charge in [-0.25, -0.2) is 0 Å². The molecule has 0 bridgehead atoms. The minimum atomic E-state index is -0.141. The zero-order valence-electron chi connectivity index (χ0n) is 9.26. The predicted octanol–water partition coefficient (Wildman–Crippen LogP) is 3.67. The maximum atomic E-state index is 12.2. The van der Waals surface area contributed by atoms with E-state index in [1.54, 1.807) is 0 Å². The summed E-state index contributed by atoms with van der Waals surface area (Å²) in [5, 5.41) is 0.793. The Kier molecular flexibility index (Phi) is 2.32. The normalized spacial score (nSPS) is 22.4. The van der Waals surface area contributed by atoms with Crippen molar-refractivity contribution < 1.29 is 4.79 Å². The second-order valence-corrected chi connectivity index (χ2v) is 5.45. The molecule has 2 heteroatoms. The zero-order valence-corrected chi connectivity index (χ0v) is 10.0. The molecule has 0 saturated heterocycles. The smallest absolute Gasteiger partial charge is 0.143 e. The maximum Gasteiger partial charge on any atom is 0.143 e. The van der Waals surface area contributed by atoms with Crippen molar-refractivity contribution in [3.05, 3.63) is 34.3 Å². The Morgan fingerprint density at radius 2 is 1.88 bits per heavy atom. The number of carbonyl (C=O) groups excluding carboxylic acids is 1. The molecular weight excluding hydrogens is 220 g/mol. The van der Waals surface area contributed by atoms with Gasteiger partial charge in [-0.1, -0.05) is 30.5 Å². The van der Waals surface area contributed by atoms with Gasteiger partial charge in [-0.3, -0.25) is 4.79 Å². The molecule has 1 fully saturated rings. The van der Waals surface area contributed by atoms with Crippen molar-refractivity contribution in [2.24, 2.45) is 0 Å². The second-order valence-electron chi connectivity index (χ2n) is 5.01. The molecule has 0 radical (unpaired) electrons. The molecule has 1 saturated carbocycles. The highest BCUT2D eigenvalue weighted by molar-refractivity contribution is 6.30. The molecule has 1 aromatic rings. The molecule has 0 amide bonds. The standard InChI is InChI=1S/C14H15ClO/c15-11-4-5-12-10(9-11)3-6-13(16)14(12)7-1-2-8-14/h4-5,9H,1-3,6-8H2. The fourth-order valence-electron chi connectivity index (χ4n) is 3.40. The molecule has 2 aliphatic rings. The summed E-state index contributed by atoms with van der Waals surface area (Å²) in [4.78, 5) is 12.2. The summed E-state index contributed by atoms with van der Waals surface area (Å²) in [6.45, 7) is 0. The average Bonchev–Trinajstić information content (AvgIpc) is 2.74. The van der Waals surface area contributed by atoms with E-state index in [-0.39, 0.29) is 5.41 Å². The predicted molar refractivity (Wildman–Crippen MR) is 64.9 cm³/mol. The van der Waals surface area contributed by atoms with Gasteiger partial charge in [0.05, 0.1) is 5.41 Å². The Hall–Kier alpha value is -0.820. The number of hydrogen-bond donors (Lipinski definition) is 0. The Morgan fingerprint density at radius 1 is 1.12 bits per heavy atom. The summed E-state index contributed by atoms with van der Waals surface area (Å²) in [7, 11) is 0. The van der Waals surface area contributed by atoms with Crippen LogP contribution in [-0.4, -0.2) is 5.78 Å². The van der Waals surface area contributed by atoms with E-state index in [0.717, 1.165) is 24.3 Å². The molecule has 0 aromatic heterocycles. The fourth-order valence-corrected chi connectivity index (χ4v) is 3.60. The van der Waals surface area contributed by atoms with Gasteiger partial charge in [-0.05, 0) is 42.5 Å². The SMILES string of the molecule is O=C1CCc2cc(Cl)ccc2C12CCCC2. The number of hydrogen-bond acceptors (Lipinski definition) is 1. The summed E-state index contributed by atoms with van der Waals surface area (Å²) in [5.74, 6) is 0.458. The van der Waals surface area contributed by atoms with Crippen LogP contribution in [-0.2, 0) is 16.6 Å². The highest BCUT2D eigenvalue weighted by Crippen LogP contribution is 2.47. The van der Waals surface area contributed by atoms with Gasteiger partial charge < -0.3 is 0 Å². The summed E-state index contributed by atoms with van der Waals surface area (Å²) in [6, 6.07) is 6.06. The first-order chi connectivity index (χ1) is 7.72. The molecule has 0 heterocycles. The van der Waals surface area contributed by atoms with Gasteiger partial charge in [0.1, 0.15) is 5.78 Å². The summed E-state index contributed by atoms with van der Waals surface area (Å²) >= 11 is 6.02. The lowest BCUT2D eigenvalue weighted by Crippen LogP contribution is -2.37. The minimum absolute atomic E-state index is 0.141. The van der Waals surface area contributed by atoms with Crippen LogP contribution in [0, 0.1) is 0 Å². The topological polar surface area (TPSA) is 17.1 Å². The van der Waals surface area contributed by atoms with Crippen LogP contribution in [0.4, 0.5) is 0 Å². The van der Waals surface area contributed by atoms with Gasteiger partial charge in [0.2, 0.25) is 0 Å². The first kappa shape index (κ1) is 10.3. The lowest BCUT2D eigenvalue weighted by atomic mass is 9.68. The molecule has 0 N–H and O–H groups in total. The van der Waals surface area contributed by atoms with Crippen molar-refractivity contribution >= 4 is 17.4 Å². The Bertz CT molecular complexity index is 444. The first-order valence-corrected chi connectivity index (χ1v) is 6.42. The van der Waals surface area contributed by atoms with Crippen LogP contribution in [0.5, 0.6) is 0 Å². The molecule has 1 nitrogen and oxygen atoms in total. The van der Waals surface area contributed by atoms with Gasteiger partial charge in [-0.15, -0.1) is 0 Å². The van der Waals surface area contributed by atoms with E-state index in [2.05, 4.69) is 6.07 Å². The van der Waals surface area contributed by atoms with E-state index in [1.165, 1.54) is 24.0 Å². The number of ketones is 1. The van der Waals surface area contributed by atoms with Crippen LogP contribution in [0.2, 0.25) is 5.02 Å². The third-order valence-electron chi connectivity index (χ3n) is 4.20. The molecule has 0 unspecified atom stereocenters. The van der Waals surface area contributed by atoms with E-state index >= 15 is 0 Å². The Balaban J connectivity index is 2.16. The van der Waals surface area contributed by atoms with Crippen LogP contribution in [0.15, 0.2) is 18.2 Å². The van der Waals surface area contributed by atoms with Crippen molar-refractivity contribution in [1.82, 2.24) is 0 Å². The molecule has 3 rings (SSSR count). The van der Waals surface area contributed by atoms with E-state index in [0.29, 0.717) is 12.2 Å². The van der Waals surface area contributed by atoms with E-state index in [1.807, 2.05) is 12.1 Å². The summed E-state index contributed by atoms with van der Waals surface area (Å²) in [5.41, 5.74) is 2.43. The average molecular weight is 235 g/mol. The lowest BCUT2D eigenvalue weighted by molar-refractivity contribution is -0.125. The third kappa shape index (κ3) is 1.34. The summed E-state index contributed by atoms with van der Waals surface area (Å²) < 4.78 is 0. The molecule has 1 spiro atoms. The number of rotatable bonds is 0. The van der Waals surface area contributed by atoms with Crippen molar-refractivity contribution in [2.45, 2.75) is 43.9 Å². The Morgan fingerprint density at radius 3 is 2.62 bits per heavy atom. The van der Waals surface area contributed by atoms with E-state index < -0.39 is 0 Å². The van der Waals surface area contributed by atoms with Crippen molar-refractivity contribution in [3.8, 4) is 0 Å². The molecule has 0 atom stereocenters. The number of aryl methyl sites for hydroxylation is 1. The molecule has 0 aliphatic heterocycles. The first-order valence-electron chi connectivity index (χ1n) is 6.05. The second kappa shape index (κ2) is 3.59. The van der Waals surface area contributed by atoms with Gasteiger partial charge in [-0.2, -0.15) is 0 Å². The van der Waals surface area contributed by atoms with Crippen LogP contribution >= 0.6 is 11.6 Å². The molecule has 2 aliphatic carbocycles. The number of fused-ring (bicyclic) bond motifs is 2. The molecule has 16 heavy (non-hydrogen) atoms. The largest absolute Gasteiger partial charge is 0.299 e.